The first-order valence-corrected chi connectivity index (χ1v) is 10.3. The van der Waals surface area contributed by atoms with Crippen molar-refractivity contribution in [1.29, 1.82) is 0 Å². The van der Waals surface area contributed by atoms with E-state index >= 15 is 0 Å². The van der Waals surface area contributed by atoms with Gasteiger partial charge in [0.15, 0.2) is 0 Å². The van der Waals surface area contributed by atoms with Crippen LogP contribution in [0.4, 0.5) is 11.5 Å². The molecule has 8 heteroatoms. The first-order valence-electron chi connectivity index (χ1n) is 10.3. The minimum Gasteiger partial charge on any atom is -0.497 e. The lowest BCUT2D eigenvalue weighted by molar-refractivity contribution is -0.127. The number of pyridine rings is 1. The molecule has 31 heavy (non-hydrogen) atoms. The molecule has 3 N–H and O–H groups in total. The fraction of sp³-hybridized carbons (Fsp3) is 0.348. The van der Waals surface area contributed by atoms with Crippen LogP contribution >= 0.6 is 0 Å². The van der Waals surface area contributed by atoms with Gasteiger partial charge in [0.05, 0.1) is 19.1 Å². The molecule has 162 valence electrons. The van der Waals surface area contributed by atoms with Crippen molar-refractivity contribution in [1.82, 2.24) is 25.2 Å². The Morgan fingerprint density at radius 1 is 1.32 bits per heavy atom. The van der Waals surface area contributed by atoms with E-state index in [1.54, 1.807) is 19.6 Å². The third kappa shape index (κ3) is 4.54. The summed E-state index contributed by atoms with van der Waals surface area (Å²) in [6.07, 6.45) is 4.12. The summed E-state index contributed by atoms with van der Waals surface area (Å²) in [7, 11) is 3.67. The molecule has 1 amide bonds. The van der Waals surface area contributed by atoms with Gasteiger partial charge in [-0.05, 0) is 37.7 Å². The number of hydrogen-bond donors (Lipinski definition) is 3. The minimum atomic E-state index is -0.748. The molecule has 0 saturated carbocycles. The Hall–Kier alpha value is -3.39. The van der Waals surface area contributed by atoms with Crippen LogP contribution in [0.1, 0.15) is 23.9 Å². The molecule has 0 radical (unpaired) electrons. The third-order valence-corrected chi connectivity index (χ3v) is 5.61. The first kappa shape index (κ1) is 20.9. The standard InChI is InChI=1S/C23H28N6O2/c1-23(22(30)25-10-9-18-12-24-15-26-18)14-29(2)13-16-7-8-20(28-21(16)23)27-17-5-4-6-19(11-17)31-3/h4-8,11-12,15H,9-10,13-14H2,1-3H3,(H,24,26)(H,25,30)(H,27,28). The summed E-state index contributed by atoms with van der Waals surface area (Å²) in [4.78, 5) is 27.4. The zero-order valence-corrected chi connectivity index (χ0v) is 18.1. The molecule has 0 saturated heterocycles. The average Bonchev–Trinajstić information content (AvgIpc) is 3.28. The van der Waals surface area contributed by atoms with Gasteiger partial charge >= 0.3 is 0 Å². The monoisotopic (exact) mass is 420 g/mol. The lowest BCUT2D eigenvalue weighted by Gasteiger charge is -2.38. The summed E-state index contributed by atoms with van der Waals surface area (Å²) >= 11 is 0. The lowest BCUT2D eigenvalue weighted by atomic mass is 9.79. The quantitative estimate of drug-likeness (QED) is 0.544. The molecule has 3 aromatic rings. The molecule has 0 spiro atoms. The number of amides is 1. The van der Waals surface area contributed by atoms with Crippen molar-refractivity contribution >= 4 is 17.4 Å². The van der Waals surface area contributed by atoms with E-state index in [0.717, 1.165) is 34.9 Å². The molecule has 0 aliphatic carbocycles. The zero-order valence-electron chi connectivity index (χ0n) is 18.1. The molecule has 1 aromatic carbocycles. The Balaban J connectivity index is 1.55. The molecule has 4 rings (SSSR count). The highest BCUT2D eigenvalue weighted by atomic mass is 16.5. The molecule has 0 fully saturated rings. The number of carbonyl (C=O) groups is 1. The Morgan fingerprint density at radius 3 is 2.97 bits per heavy atom. The second kappa shape index (κ2) is 8.77. The predicted octanol–water partition coefficient (Wildman–Crippen LogP) is 2.62. The van der Waals surface area contributed by atoms with Gasteiger partial charge in [0, 0.05) is 49.7 Å². The van der Waals surface area contributed by atoms with Crippen LogP contribution in [-0.2, 0) is 23.2 Å². The summed E-state index contributed by atoms with van der Waals surface area (Å²) in [5, 5.41) is 6.42. The number of rotatable bonds is 7. The molecule has 2 aromatic heterocycles. The van der Waals surface area contributed by atoms with E-state index in [2.05, 4.69) is 31.6 Å². The smallest absolute Gasteiger partial charge is 0.233 e. The minimum absolute atomic E-state index is 0.0224. The van der Waals surface area contributed by atoms with Crippen LogP contribution in [0.3, 0.4) is 0 Å². The van der Waals surface area contributed by atoms with Crippen LogP contribution in [0.25, 0.3) is 0 Å². The maximum Gasteiger partial charge on any atom is 0.233 e. The van der Waals surface area contributed by atoms with Gasteiger partial charge < -0.3 is 25.3 Å². The SMILES string of the molecule is COc1cccc(Nc2ccc3c(n2)C(C)(C(=O)NCCc2cnc[nH]2)CN(C)C3)c1. The van der Waals surface area contributed by atoms with Gasteiger partial charge in [0.2, 0.25) is 5.91 Å². The summed E-state index contributed by atoms with van der Waals surface area (Å²) in [5.41, 5.74) is 3.01. The van der Waals surface area contributed by atoms with Gasteiger partial charge in [-0.2, -0.15) is 0 Å². The van der Waals surface area contributed by atoms with Crippen LogP contribution in [-0.4, -0.2) is 53.0 Å². The Bertz CT molecular complexity index is 1050. The third-order valence-electron chi connectivity index (χ3n) is 5.61. The second-order valence-corrected chi connectivity index (χ2v) is 8.15. The van der Waals surface area contributed by atoms with E-state index in [9.17, 15) is 4.79 Å². The van der Waals surface area contributed by atoms with Gasteiger partial charge in [-0.15, -0.1) is 0 Å². The zero-order chi connectivity index (χ0) is 21.8. The fourth-order valence-corrected chi connectivity index (χ4v) is 4.08. The van der Waals surface area contributed by atoms with Gasteiger partial charge in [-0.1, -0.05) is 12.1 Å². The van der Waals surface area contributed by atoms with Crippen LogP contribution in [0.2, 0.25) is 0 Å². The topological polar surface area (TPSA) is 95.2 Å². The number of hydrogen-bond acceptors (Lipinski definition) is 6. The fourth-order valence-electron chi connectivity index (χ4n) is 4.08. The van der Waals surface area contributed by atoms with E-state index < -0.39 is 5.41 Å². The first-order chi connectivity index (χ1) is 15.0. The van der Waals surface area contributed by atoms with E-state index in [1.807, 2.05) is 44.3 Å². The number of nitrogens with zero attached hydrogens (tertiary/aromatic N) is 3. The van der Waals surface area contributed by atoms with Crippen molar-refractivity contribution in [3.8, 4) is 5.75 Å². The van der Waals surface area contributed by atoms with E-state index in [0.29, 0.717) is 25.3 Å². The van der Waals surface area contributed by atoms with Crippen LogP contribution in [0.15, 0.2) is 48.9 Å². The van der Waals surface area contributed by atoms with E-state index in [4.69, 9.17) is 9.72 Å². The lowest BCUT2D eigenvalue weighted by Crippen LogP contribution is -2.53. The molecule has 1 atom stereocenters. The Kier molecular flexibility index (Phi) is 5.90. The number of anilines is 2. The van der Waals surface area contributed by atoms with Crippen molar-refractivity contribution in [3.05, 3.63) is 65.9 Å². The summed E-state index contributed by atoms with van der Waals surface area (Å²) < 4.78 is 5.30. The number of imidazole rings is 1. The molecule has 1 unspecified atom stereocenters. The number of nitrogens with one attached hydrogen (secondary N) is 3. The second-order valence-electron chi connectivity index (χ2n) is 8.15. The van der Waals surface area contributed by atoms with Crippen molar-refractivity contribution in [2.75, 3.05) is 32.6 Å². The number of methoxy groups -OCH3 is 1. The number of likely N-dealkylation sites (N-methyl/N-ethyl adjacent to an activating group) is 1. The van der Waals surface area contributed by atoms with Gasteiger partial charge in [-0.3, -0.25) is 4.79 Å². The highest BCUT2D eigenvalue weighted by molar-refractivity contribution is 5.88. The number of aromatic nitrogens is 3. The van der Waals surface area contributed by atoms with Crippen LogP contribution in [0.5, 0.6) is 5.75 Å². The van der Waals surface area contributed by atoms with E-state index in [1.165, 1.54) is 0 Å². The molecular weight excluding hydrogens is 392 g/mol. The van der Waals surface area contributed by atoms with Crippen LogP contribution < -0.4 is 15.4 Å². The normalized spacial score (nSPS) is 18.3. The predicted molar refractivity (Wildman–Crippen MR) is 120 cm³/mol. The summed E-state index contributed by atoms with van der Waals surface area (Å²) in [5.74, 6) is 1.45. The molecule has 1 aliphatic heterocycles. The molecular formula is C23H28N6O2. The number of aromatic amines is 1. The maximum absolute atomic E-state index is 13.3. The van der Waals surface area contributed by atoms with Crippen molar-refractivity contribution in [2.24, 2.45) is 0 Å². The largest absolute Gasteiger partial charge is 0.497 e. The summed E-state index contributed by atoms with van der Waals surface area (Å²) in [6.45, 7) is 3.87. The highest BCUT2D eigenvalue weighted by Crippen LogP contribution is 2.33. The number of carbonyl (C=O) groups excluding carboxylic acids is 1. The van der Waals surface area contributed by atoms with Gasteiger partial charge in [0.1, 0.15) is 17.0 Å². The van der Waals surface area contributed by atoms with Gasteiger partial charge in [-0.25, -0.2) is 9.97 Å². The number of fused-ring (bicyclic) bond motifs is 1. The van der Waals surface area contributed by atoms with Crippen molar-refractivity contribution < 1.29 is 9.53 Å². The molecule has 0 bridgehead atoms. The molecule has 1 aliphatic rings. The van der Waals surface area contributed by atoms with Crippen molar-refractivity contribution in [3.63, 3.8) is 0 Å². The number of ether oxygens (including phenoxy) is 1. The number of H-pyrrole nitrogens is 1. The molecule has 3 heterocycles. The van der Waals surface area contributed by atoms with Crippen LogP contribution in [0, 0.1) is 0 Å². The molecule has 8 nitrogen and oxygen atoms in total. The van der Waals surface area contributed by atoms with E-state index in [-0.39, 0.29) is 5.91 Å². The highest BCUT2D eigenvalue weighted by Gasteiger charge is 2.42. The van der Waals surface area contributed by atoms with Crippen molar-refractivity contribution in [2.45, 2.75) is 25.3 Å². The maximum atomic E-state index is 13.3. The Labute approximate surface area is 182 Å². The number of benzene rings is 1. The Morgan fingerprint density at radius 2 is 2.19 bits per heavy atom. The van der Waals surface area contributed by atoms with Gasteiger partial charge in [0.25, 0.3) is 0 Å². The average molecular weight is 421 g/mol. The summed E-state index contributed by atoms with van der Waals surface area (Å²) in [6, 6.07) is 11.7.